The van der Waals surface area contributed by atoms with E-state index in [0.717, 1.165) is 10.6 Å². The van der Waals surface area contributed by atoms with Crippen molar-refractivity contribution in [2.24, 2.45) is 0 Å². The normalized spacial score (nSPS) is 10.1. The Morgan fingerprint density at radius 2 is 1.79 bits per heavy atom. The summed E-state index contributed by atoms with van der Waals surface area (Å²) in [6.07, 6.45) is 0.217. The highest BCUT2D eigenvalue weighted by molar-refractivity contribution is 7.99. The summed E-state index contributed by atoms with van der Waals surface area (Å²) in [4.78, 5) is 24.5. The summed E-state index contributed by atoms with van der Waals surface area (Å²) >= 11 is 1.51. The molecule has 126 valence electrons. The van der Waals surface area contributed by atoms with Crippen LogP contribution >= 0.6 is 11.8 Å². The lowest BCUT2D eigenvalue weighted by Crippen LogP contribution is -2.42. The van der Waals surface area contributed by atoms with Gasteiger partial charge in [0, 0.05) is 17.1 Å². The second-order valence-corrected chi connectivity index (χ2v) is 5.92. The Kier molecular flexibility index (Phi) is 6.62. The van der Waals surface area contributed by atoms with E-state index in [0.29, 0.717) is 5.75 Å². The van der Waals surface area contributed by atoms with Gasteiger partial charge in [-0.3, -0.25) is 20.4 Å². The van der Waals surface area contributed by atoms with Gasteiger partial charge in [-0.2, -0.15) is 0 Å². The van der Waals surface area contributed by atoms with Crippen LogP contribution in [-0.2, 0) is 4.79 Å². The summed E-state index contributed by atoms with van der Waals surface area (Å²) in [7, 11) is 1.60. The van der Waals surface area contributed by atoms with Crippen LogP contribution in [0, 0.1) is 5.82 Å². The fraction of sp³-hybridized carbons (Fsp3) is 0.176. The van der Waals surface area contributed by atoms with Gasteiger partial charge in [-0.25, -0.2) is 4.39 Å². The minimum absolute atomic E-state index is 0.120. The lowest BCUT2D eigenvalue weighted by Gasteiger charge is -2.08. The number of carbonyl (C=O) groups is 2. The van der Waals surface area contributed by atoms with Gasteiger partial charge in [0.15, 0.2) is 0 Å². The van der Waals surface area contributed by atoms with E-state index in [-0.39, 0.29) is 17.9 Å². The smallest absolute Gasteiger partial charge is 0.272 e. The summed E-state index contributed by atoms with van der Waals surface area (Å²) in [5, 5.41) is 0. The molecule has 24 heavy (non-hydrogen) atoms. The molecule has 0 aliphatic carbocycles. The Balaban J connectivity index is 1.71. The van der Waals surface area contributed by atoms with E-state index in [2.05, 4.69) is 10.9 Å². The van der Waals surface area contributed by atoms with Gasteiger partial charge in [0.2, 0.25) is 5.91 Å². The molecule has 0 aliphatic rings. The first-order valence-electron chi connectivity index (χ1n) is 7.20. The molecular weight excluding hydrogens is 331 g/mol. The molecule has 2 rings (SSSR count). The van der Waals surface area contributed by atoms with Crippen LogP contribution in [0.4, 0.5) is 4.39 Å². The van der Waals surface area contributed by atoms with E-state index >= 15 is 0 Å². The van der Waals surface area contributed by atoms with Crippen molar-refractivity contribution in [3.05, 3.63) is 59.9 Å². The van der Waals surface area contributed by atoms with Crippen LogP contribution in [-0.4, -0.2) is 24.7 Å². The second-order valence-electron chi connectivity index (χ2n) is 4.76. The number of hydrogen-bond donors (Lipinski definition) is 2. The molecule has 0 spiro atoms. The van der Waals surface area contributed by atoms with E-state index in [9.17, 15) is 14.0 Å². The Bertz CT molecular complexity index is 707. The second kappa shape index (κ2) is 8.93. The van der Waals surface area contributed by atoms with Gasteiger partial charge in [0.25, 0.3) is 5.91 Å². The third kappa shape index (κ3) is 5.27. The molecule has 0 saturated carbocycles. The maximum absolute atomic E-state index is 13.4. The molecule has 0 radical (unpaired) electrons. The Hall–Kier alpha value is -2.54. The highest BCUT2D eigenvalue weighted by Crippen LogP contribution is 2.21. The van der Waals surface area contributed by atoms with E-state index in [4.69, 9.17) is 4.74 Å². The molecule has 0 unspecified atom stereocenters. The highest BCUT2D eigenvalue weighted by Gasteiger charge is 2.11. The van der Waals surface area contributed by atoms with E-state index in [1.807, 2.05) is 24.3 Å². The number of nitrogens with one attached hydrogen (secondary N) is 2. The van der Waals surface area contributed by atoms with Crippen LogP contribution < -0.4 is 15.6 Å². The molecule has 2 N–H and O–H groups in total. The molecule has 2 aromatic rings. The van der Waals surface area contributed by atoms with Gasteiger partial charge in [0.05, 0.1) is 12.7 Å². The fourth-order valence-electron chi connectivity index (χ4n) is 1.84. The van der Waals surface area contributed by atoms with Crippen molar-refractivity contribution in [1.82, 2.24) is 10.9 Å². The number of benzene rings is 2. The molecular formula is C17H17FN2O3S. The number of thioether (sulfide) groups is 1. The molecule has 0 fully saturated rings. The largest absolute Gasteiger partial charge is 0.497 e. The van der Waals surface area contributed by atoms with Gasteiger partial charge in [-0.1, -0.05) is 12.1 Å². The first-order chi connectivity index (χ1) is 11.6. The topological polar surface area (TPSA) is 67.4 Å². The lowest BCUT2D eigenvalue weighted by atomic mass is 10.2. The summed E-state index contributed by atoms with van der Waals surface area (Å²) in [5.41, 5.74) is 4.35. The summed E-state index contributed by atoms with van der Waals surface area (Å²) < 4.78 is 18.5. The molecule has 0 saturated heterocycles. The van der Waals surface area contributed by atoms with Gasteiger partial charge < -0.3 is 4.74 Å². The zero-order valence-electron chi connectivity index (χ0n) is 13.0. The zero-order valence-corrected chi connectivity index (χ0v) is 13.9. The summed E-state index contributed by atoms with van der Waals surface area (Å²) in [5.74, 6) is -0.356. The number of amides is 2. The molecule has 7 heteroatoms. The molecule has 2 aromatic carbocycles. The quantitative estimate of drug-likeness (QED) is 0.622. The maximum atomic E-state index is 13.4. The van der Waals surface area contributed by atoms with E-state index in [1.165, 1.54) is 30.0 Å². The highest BCUT2D eigenvalue weighted by atomic mass is 32.2. The molecule has 2 amide bonds. The predicted molar refractivity (Wildman–Crippen MR) is 90.3 cm³/mol. The van der Waals surface area contributed by atoms with Crippen molar-refractivity contribution in [1.29, 1.82) is 0 Å². The molecule has 0 heterocycles. The van der Waals surface area contributed by atoms with Crippen molar-refractivity contribution in [2.75, 3.05) is 12.9 Å². The number of carbonyl (C=O) groups excluding carboxylic acids is 2. The number of ether oxygens (including phenoxy) is 1. The summed E-state index contributed by atoms with van der Waals surface area (Å²) in [6.45, 7) is 0. The van der Waals surface area contributed by atoms with Crippen LogP contribution in [0.15, 0.2) is 53.4 Å². The van der Waals surface area contributed by atoms with Crippen molar-refractivity contribution >= 4 is 23.6 Å². The Morgan fingerprint density at radius 3 is 2.46 bits per heavy atom. The van der Waals surface area contributed by atoms with E-state index < -0.39 is 11.7 Å². The first kappa shape index (κ1) is 17.8. The summed E-state index contributed by atoms with van der Waals surface area (Å²) in [6, 6.07) is 13.1. The van der Waals surface area contributed by atoms with Crippen molar-refractivity contribution < 1.29 is 18.7 Å². The number of halogens is 1. The van der Waals surface area contributed by atoms with Crippen molar-refractivity contribution in [3.63, 3.8) is 0 Å². The first-order valence-corrected chi connectivity index (χ1v) is 8.19. The average molecular weight is 348 g/mol. The van der Waals surface area contributed by atoms with Crippen molar-refractivity contribution in [3.8, 4) is 5.75 Å². The third-order valence-electron chi connectivity index (χ3n) is 3.09. The van der Waals surface area contributed by atoms with Gasteiger partial charge in [0.1, 0.15) is 11.6 Å². The fourth-order valence-corrected chi connectivity index (χ4v) is 2.69. The molecule has 5 nitrogen and oxygen atoms in total. The Morgan fingerprint density at radius 1 is 1.08 bits per heavy atom. The number of rotatable bonds is 6. The van der Waals surface area contributed by atoms with Gasteiger partial charge in [-0.05, 0) is 36.4 Å². The predicted octanol–water partition coefficient (Wildman–Crippen LogP) is 2.78. The monoisotopic (exact) mass is 348 g/mol. The molecule has 0 aliphatic heterocycles. The van der Waals surface area contributed by atoms with Crippen molar-refractivity contribution in [2.45, 2.75) is 11.3 Å². The Labute approximate surface area is 143 Å². The zero-order chi connectivity index (χ0) is 17.4. The molecule has 0 aromatic heterocycles. The molecule has 0 atom stereocenters. The van der Waals surface area contributed by atoms with Gasteiger partial charge in [-0.15, -0.1) is 11.8 Å². The number of hydrazine groups is 1. The van der Waals surface area contributed by atoms with Crippen LogP contribution in [0.3, 0.4) is 0 Å². The number of hydrogen-bond acceptors (Lipinski definition) is 4. The minimum atomic E-state index is -0.691. The third-order valence-corrected chi connectivity index (χ3v) is 4.10. The van der Waals surface area contributed by atoms with Crippen LogP contribution in [0.1, 0.15) is 16.8 Å². The number of methoxy groups -OCH3 is 1. The van der Waals surface area contributed by atoms with Crippen LogP contribution in [0.25, 0.3) is 0 Å². The van der Waals surface area contributed by atoms with Gasteiger partial charge >= 0.3 is 0 Å². The minimum Gasteiger partial charge on any atom is -0.497 e. The molecule has 0 bridgehead atoms. The van der Waals surface area contributed by atoms with Crippen LogP contribution in [0.2, 0.25) is 0 Å². The standard InChI is InChI=1S/C17H17FN2O3S/c1-23-12-6-8-13(9-7-12)24-11-10-16(21)19-20-17(22)14-4-2-3-5-15(14)18/h2-9H,10-11H2,1H3,(H,19,21)(H,20,22). The average Bonchev–Trinajstić information content (AvgIpc) is 2.60. The van der Waals surface area contributed by atoms with E-state index in [1.54, 1.807) is 13.2 Å². The maximum Gasteiger partial charge on any atom is 0.272 e. The van der Waals surface area contributed by atoms with Crippen LogP contribution in [0.5, 0.6) is 5.75 Å². The SMILES string of the molecule is COc1ccc(SCCC(=O)NNC(=O)c2ccccc2F)cc1. The lowest BCUT2D eigenvalue weighted by molar-refractivity contribution is -0.121.